The average molecular weight is 335 g/mol. The largest absolute Gasteiger partial charge is 0.440 e. The molecule has 2 aromatic carbocycles. The molecule has 4 heteroatoms. The molecule has 2 heterocycles. The molecule has 0 bridgehead atoms. The molecule has 0 N–H and O–H groups in total. The molecule has 1 aromatic heterocycles. The van der Waals surface area contributed by atoms with Crippen molar-refractivity contribution in [3.8, 4) is 11.1 Å². The van der Waals surface area contributed by atoms with Crippen LogP contribution < -0.4 is 10.3 Å². The highest BCUT2D eigenvalue weighted by Crippen LogP contribution is 2.32. The van der Waals surface area contributed by atoms with Gasteiger partial charge in [0.05, 0.1) is 18.0 Å². The van der Waals surface area contributed by atoms with Crippen molar-refractivity contribution in [2.75, 3.05) is 25.2 Å². The minimum Gasteiger partial charge on any atom is -0.440 e. The van der Waals surface area contributed by atoms with Gasteiger partial charge in [-0.2, -0.15) is 0 Å². The third kappa shape index (κ3) is 2.94. The first-order chi connectivity index (χ1) is 12.3. The summed E-state index contributed by atoms with van der Waals surface area (Å²) in [6, 6.07) is 17.6. The Kier molecular flexibility index (Phi) is 4.28. The van der Waals surface area contributed by atoms with E-state index < -0.39 is 0 Å². The number of ether oxygens (including phenoxy) is 1. The Morgan fingerprint density at radius 3 is 2.80 bits per heavy atom. The predicted octanol–water partition coefficient (Wildman–Crippen LogP) is 4.08. The van der Waals surface area contributed by atoms with E-state index in [-0.39, 0.29) is 11.5 Å². The van der Waals surface area contributed by atoms with E-state index in [1.807, 2.05) is 48.5 Å². The monoisotopic (exact) mass is 335 g/mol. The molecule has 4 rings (SSSR count). The lowest BCUT2D eigenvalue weighted by molar-refractivity contribution is 0.179. The maximum absolute atomic E-state index is 12.7. The standard InChI is InChI=1S/C21H21NO3/c1-24-14-16-9-6-12-22(16)20-13-19(23)18-11-5-10-17(21(18)25-20)15-7-3-2-4-8-15/h2-5,7-8,10-11,13,16H,6,9,12,14H2,1H3/t16-/m0/s1. The van der Waals surface area contributed by atoms with Crippen LogP contribution in [0.1, 0.15) is 12.8 Å². The summed E-state index contributed by atoms with van der Waals surface area (Å²) >= 11 is 0. The van der Waals surface area contributed by atoms with Crippen molar-refractivity contribution >= 4 is 16.9 Å². The third-order valence-corrected chi connectivity index (χ3v) is 4.85. The lowest BCUT2D eigenvalue weighted by atomic mass is 10.0. The smallest absolute Gasteiger partial charge is 0.200 e. The summed E-state index contributed by atoms with van der Waals surface area (Å²) in [5, 5.41) is 0.618. The first kappa shape index (κ1) is 15.9. The molecule has 1 aliphatic rings. The van der Waals surface area contributed by atoms with E-state index in [0.717, 1.165) is 30.5 Å². The number of hydrogen-bond donors (Lipinski definition) is 0. The van der Waals surface area contributed by atoms with E-state index in [0.29, 0.717) is 23.5 Å². The van der Waals surface area contributed by atoms with Crippen molar-refractivity contribution < 1.29 is 9.15 Å². The molecule has 1 aliphatic heterocycles. The zero-order chi connectivity index (χ0) is 17.2. The molecule has 128 valence electrons. The van der Waals surface area contributed by atoms with Gasteiger partial charge >= 0.3 is 0 Å². The molecule has 25 heavy (non-hydrogen) atoms. The average Bonchev–Trinajstić information content (AvgIpc) is 3.11. The second-order valence-electron chi connectivity index (χ2n) is 6.44. The molecule has 0 amide bonds. The van der Waals surface area contributed by atoms with Gasteiger partial charge in [0.25, 0.3) is 0 Å². The summed E-state index contributed by atoms with van der Waals surface area (Å²) in [5.41, 5.74) is 2.64. The summed E-state index contributed by atoms with van der Waals surface area (Å²) in [7, 11) is 1.71. The number of fused-ring (bicyclic) bond motifs is 1. The number of rotatable bonds is 4. The second kappa shape index (κ2) is 6.73. The van der Waals surface area contributed by atoms with Crippen molar-refractivity contribution in [3.63, 3.8) is 0 Å². The molecule has 1 atom stereocenters. The van der Waals surface area contributed by atoms with E-state index in [4.69, 9.17) is 9.15 Å². The minimum absolute atomic E-state index is 0.00269. The van der Waals surface area contributed by atoms with E-state index in [1.54, 1.807) is 13.2 Å². The van der Waals surface area contributed by atoms with Crippen molar-refractivity contribution in [2.45, 2.75) is 18.9 Å². The van der Waals surface area contributed by atoms with Crippen molar-refractivity contribution in [2.24, 2.45) is 0 Å². The van der Waals surface area contributed by atoms with Gasteiger partial charge in [0.2, 0.25) is 0 Å². The molecule has 0 radical (unpaired) electrons. The van der Waals surface area contributed by atoms with Gasteiger partial charge in [-0.3, -0.25) is 4.79 Å². The summed E-state index contributed by atoms with van der Waals surface area (Å²) in [5.74, 6) is 0.639. The summed E-state index contributed by atoms with van der Waals surface area (Å²) in [4.78, 5) is 14.8. The van der Waals surface area contributed by atoms with Gasteiger partial charge < -0.3 is 14.1 Å². The van der Waals surface area contributed by atoms with Crippen LogP contribution in [0, 0.1) is 0 Å². The molecule has 0 aliphatic carbocycles. The quantitative estimate of drug-likeness (QED) is 0.721. The molecule has 0 spiro atoms. The Hall–Kier alpha value is -2.59. The van der Waals surface area contributed by atoms with Gasteiger partial charge in [0.1, 0.15) is 5.58 Å². The van der Waals surface area contributed by atoms with E-state index >= 15 is 0 Å². The van der Waals surface area contributed by atoms with Crippen LogP contribution in [-0.4, -0.2) is 26.3 Å². The van der Waals surface area contributed by atoms with Gasteiger partial charge in [-0.15, -0.1) is 0 Å². The molecule has 4 nitrogen and oxygen atoms in total. The zero-order valence-corrected chi connectivity index (χ0v) is 14.3. The summed E-state index contributed by atoms with van der Waals surface area (Å²) < 4.78 is 11.6. The molecular weight excluding hydrogens is 314 g/mol. The van der Waals surface area contributed by atoms with Crippen LogP contribution in [0.2, 0.25) is 0 Å². The van der Waals surface area contributed by atoms with Crippen LogP contribution in [0.25, 0.3) is 22.1 Å². The Morgan fingerprint density at radius 2 is 2.00 bits per heavy atom. The molecule has 1 saturated heterocycles. The van der Waals surface area contributed by atoms with Crippen LogP contribution in [0.15, 0.2) is 63.8 Å². The summed E-state index contributed by atoms with van der Waals surface area (Å²) in [6.45, 7) is 1.53. The SMILES string of the molecule is COC[C@@H]1CCCN1c1cc(=O)c2cccc(-c3ccccc3)c2o1. The first-order valence-electron chi connectivity index (χ1n) is 8.66. The maximum atomic E-state index is 12.7. The number of methoxy groups -OCH3 is 1. The van der Waals surface area contributed by atoms with Gasteiger partial charge in [0.15, 0.2) is 11.3 Å². The molecule has 1 fully saturated rings. The lowest BCUT2D eigenvalue weighted by Gasteiger charge is -2.24. The van der Waals surface area contributed by atoms with Gasteiger partial charge in [-0.1, -0.05) is 42.5 Å². The Labute approximate surface area is 146 Å². The van der Waals surface area contributed by atoms with Gasteiger partial charge in [-0.25, -0.2) is 0 Å². The number of anilines is 1. The van der Waals surface area contributed by atoms with Crippen LogP contribution >= 0.6 is 0 Å². The van der Waals surface area contributed by atoms with Crippen molar-refractivity contribution in [1.29, 1.82) is 0 Å². The number of hydrogen-bond acceptors (Lipinski definition) is 4. The van der Waals surface area contributed by atoms with Gasteiger partial charge in [-0.05, 0) is 24.5 Å². The van der Waals surface area contributed by atoms with Crippen LogP contribution in [0.4, 0.5) is 5.88 Å². The second-order valence-corrected chi connectivity index (χ2v) is 6.44. The van der Waals surface area contributed by atoms with Gasteiger partial charge in [0, 0.05) is 25.3 Å². The maximum Gasteiger partial charge on any atom is 0.200 e. The highest BCUT2D eigenvalue weighted by molar-refractivity contribution is 5.92. The van der Waals surface area contributed by atoms with Crippen molar-refractivity contribution in [1.82, 2.24) is 0 Å². The molecule has 0 saturated carbocycles. The Morgan fingerprint density at radius 1 is 1.16 bits per heavy atom. The number of para-hydroxylation sites is 1. The van der Waals surface area contributed by atoms with Crippen LogP contribution in [0.5, 0.6) is 0 Å². The molecule has 3 aromatic rings. The highest BCUT2D eigenvalue weighted by atomic mass is 16.5. The van der Waals surface area contributed by atoms with Crippen molar-refractivity contribution in [3.05, 3.63) is 64.8 Å². The fourth-order valence-electron chi connectivity index (χ4n) is 3.64. The Balaban J connectivity index is 1.87. The fraction of sp³-hybridized carbons (Fsp3) is 0.286. The van der Waals surface area contributed by atoms with E-state index in [9.17, 15) is 4.79 Å². The minimum atomic E-state index is -0.00269. The van der Waals surface area contributed by atoms with E-state index in [2.05, 4.69) is 4.90 Å². The molecule has 0 unspecified atom stereocenters. The first-order valence-corrected chi connectivity index (χ1v) is 8.66. The number of benzene rings is 2. The molecular formula is C21H21NO3. The van der Waals surface area contributed by atoms with Crippen LogP contribution in [0.3, 0.4) is 0 Å². The summed E-state index contributed by atoms with van der Waals surface area (Å²) in [6.07, 6.45) is 2.13. The zero-order valence-electron chi connectivity index (χ0n) is 14.3. The Bertz CT molecular complexity index is 933. The lowest BCUT2D eigenvalue weighted by Crippen LogP contribution is -2.33. The van der Waals surface area contributed by atoms with Crippen LogP contribution in [-0.2, 0) is 4.74 Å². The fourth-order valence-corrected chi connectivity index (χ4v) is 3.64. The predicted molar refractivity (Wildman–Crippen MR) is 100 cm³/mol. The normalized spacial score (nSPS) is 17.3. The topological polar surface area (TPSA) is 42.7 Å². The number of nitrogens with zero attached hydrogens (tertiary/aromatic N) is 1. The van der Waals surface area contributed by atoms with E-state index in [1.165, 1.54) is 0 Å². The third-order valence-electron chi connectivity index (χ3n) is 4.85. The highest BCUT2D eigenvalue weighted by Gasteiger charge is 2.27.